The first-order valence-electron chi connectivity index (χ1n) is 10.3. The molecule has 0 spiro atoms. The highest BCUT2D eigenvalue weighted by Gasteiger charge is 2.38. The van der Waals surface area contributed by atoms with Crippen molar-refractivity contribution in [1.82, 2.24) is 8.87 Å². The first kappa shape index (κ1) is 21.4. The van der Waals surface area contributed by atoms with E-state index in [1.165, 1.54) is 5.56 Å². The highest BCUT2D eigenvalue weighted by molar-refractivity contribution is 7.89. The van der Waals surface area contributed by atoms with Crippen molar-refractivity contribution in [3.05, 3.63) is 60.3 Å². The van der Waals surface area contributed by atoms with E-state index in [4.69, 9.17) is 5.11 Å². The number of nitrogens with zero attached hydrogens (tertiary/aromatic N) is 3. The van der Waals surface area contributed by atoms with Crippen LogP contribution in [0.3, 0.4) is 0 Å². The summed E-state index contributed by atoms with van der Waals surface area (Å²) in [5, 5.41) is 9.94. The lowest BCUT2D eigenvalue weighted by Gasteiger charge is -2.44. The highest BCUT2D eigenvalue weighted by atomic mass is 32.2. The van der Waals surface area contributed by atoms with Gasteiger partial charge in [-0.25, -0.2) is 8.42 Å². The molecule has 0 radical (unpaired) electrons. The fourth-order valence-corrected chi connectivity index (χ4v) is 6.30. The molecule has 0 unspecified atom stereocenters. The third-order valence-electron chi connectivity index (χ3n) is 5.86. The van der Waals surface area contributed by atoms with Crippen molar-refractivity contribution >= 4 is 32.6 Å². The van der Waals surface area contributed by atoms with Crippen LogP contribution in [0.5, 0.6) is 0 Å². The molecule has 2 aromatic carbocycles. The Morgan fingerprint density at radius 2 is 1.68 bits per heavy atom. The number of carboxylic acid groups (broad SMARTS) is 1. The summed E-state index contributed by atoms with van der Waals surface area (Å²) in [4.78, 5) is 13.6. The molecular weight excluding hydrogens is 414 g/mol. The van der Waals surface area contributed by atoms with Gasteiger partial charge >= 0.3 is 5.97 Å². The molecule has 0 aliphatic carbocycles. The Labute approximate surface area is 182 Å². The predicted octanol–water partition coefficient (Wildman–Crippen LogP) is 3.32. The zero-order chi connectivity index (χ0) is 22.3. The van der Waals surface area contributed by atoms with E-state index in [-0.39, 0.29) is 23.5 Å². The van der Waals surface area contributed by atoms with Crippen molar-refractivity contribution < 1.29 is 18.3 Å². The minimum Gasteiger partial charge on any atom is -0.480 e. The number of benzene rings is 2. The smallest absolute Gasteiger partial charge is 0.323 e. The van der Waals surface area contributed by atoms with Gasteiger partial charge in [0, 0.05) is 42.6 Å². The van der Waals surface area contributed by atoms with Crippen LogP contribution in [0.4, 0.5) is 5.69 Å². The average Bonchev–Trinajstić information content (AvgIpc) is 3.09. The summed E-state index contributed by atoms with van der Waals surface area (Å²) >= 11 is 0. The zero-order valence-corrected chi connectivity index (χ0v) is 18.7. The molecule has 1 fully saturated rings. The van der Waals surface area contributed by atoms with Crippen molar-refractivity contribution in [3.63, 3.8) is 0 Å². The normalized spacial score (nSPS) is 20.3. The molecule has 164 valence electrons. The van der Waals surface area contributed by atoms with Crippen molar-refractivity contribution in [2.24, 2.45) is 0 Å². The summed E-state index contributed by atoms with van der Waals surface area (Å²) < 4.78 is 30.3. The van der Waals surface area contributed by atoms with E-state index in [0.717, 1.165) is 11.1 Å². The monoisotopic (exact) mass is 441 g/mol. The molecule has 1 N–H and O–H groups in total. The Morgan fingerprint density at radius 3 is 2.29 bits per heavy atom. The Balaban J connectivity index is 1.64. The minimum atomic E-state index is -3.74. The molecule has 8 heteroatoms. The lowest BCUT2D eigenvalue weighted by atomic mass is 10.1. The van der Waals surface area contributed by atoms with E-state index in [1.807, 2.05) is 20.8 Å². The maximum absolute atomic E-state index is 13.6. The Hall–Kier alpha value is -2.84. The summed E-state index contributed by atoms with van der Waals surface area (Å²) in [6, 6.07) is 14.6. The standard InChI is InChI=1S/C23H27N3O4S/c1-16-4-7-20(8-5-16)25-13-17(2)26(18(3)14-25)31(29,30)21-9-6-19-10-11-24(15-23(27)28)22(19)12-21/h4-12,17-18H,13-15H2,1-3H3,(H,27,28)/t17-,18+. The number of aromatic nitrogens is 1. The van der Waals surface area contributed by atoms with E-state index >= 15 is 0 Å². The van der Waals surface area contributed by atoms with Gasteiger partial charge in [-0.3, -0.25) is 4.79 Å². The molecule has 31 heavy (non-hydrogen) atoms. The average molecular weight is 442 g/mol. The van der Waals surface area contributed by atoms with Crippen LogP contribution in [0.15, 0.2) is 59.6 Å². The molecule has 2 heterocycles. The Bertz CT molecular complexity index is 1210. The maximum atomic E-state index is 13.6. The minimum absolute atomic E-state index is 0.188. The number of aryl methyl sites for hydroxylation is 1. The summed E-state index contributed by atoms with van der Waals surface area (Å²) in [6.45, 7) is 6.90. The highest BCUT2D eigenvalue weighted by Crippen LogP contribution is 2.30. The second kappa shape index (κ2) is 8.01. The van der Waals surface area contributed by atoms with Crippen molar-refractivity contribution in [1.29, 1.82) is 0 Å². The van der Waals surface area contributed by atoms with Crippen LogP contribution in [-0.2, 0) is 21.4 Å². The second-order valence-corrected chi connectivity index (χ2v) is 10.2. The quantitative estimate of drug-likeness (QED) is 0.657. The van der Waals surface area contributed by atoms with Crippen molar-refractivity contribution in [3.8, 4) is 0 Å². The van der Waals surface area contributed by atoms with Gasteiger partial charge in [-0.15, -0.1) is 0 Å². The number of rotatable bonds is 5. The number of hydrogen-bond acceptors (Lipinski definition) is 4. The van der Waals surface area contributed by atoms with E-state index < -0.39 is 16.0 Å². The third kappa shape index (κ3) is 4.05. The van der Waals surface area contributed by atoms with Crippen LogP contribution in [0, 0.1) is 6.92 Å². The fourth-order valence-electron chi connectivity index (χ4n) is 4.48. The van der Waals surface area contributed by atoms with Gasteiger partial charge in [0.2, 0.25) is 10.0 Å². The molecule has 1 saturated heterocycles. The van der Waals surface area contributed by atoms with Gasteiger partial charge in [0.1, 0.15) is 6.54 Å². The Morgan fingerprint density at radius 1 is 1.03 bits per heavy atom. The molecule has 0 saturated carbocycles. The lowest BCUT2D eigenvalue weighted by Crippen LogP contribution is -2.58. The number of aliphatic carboxylic acids is 1. The molecule has 2 atom stereocenters. The topological polar surface area (TPSA) is 82.9 Å². The second-order valence-electron chi connectivity index (χ2n) is 8.33. The predicted molar refractivity (Wildman–Crippen MR) is 121 cm³/mol. The summed E-state index contributed by atoms with van der Waals surface area (Å²) in [6.07, 6.45) is 1.67. The van der Waals surface area contributed by atoms with Gasteiger partial charge in [0.05, 0.1) is 4.90 Å². The molecule has 0 bridgehead atoms. The lowest BCUT2D eigenvalue weighted by molar-refractivity contribution is -0.137. The molecule has 1 aromatic heterocycles. The van der Waals surface area contributed by atoms with Gasteiger partial charge in [0.25, 0.3) is 0 Å². The largest absolute Gasteiger partial charge is 0.480 e. The number of hydrogen-bond donors (Lipinski definition) is 1. The zero-order valence-electron chi connectivity index (χ0n) is 17.9. The van der Waals surface area contributed by atoms with Gasteiger partial charge in [-0.2, -0.15) is 4.31 Å². The van der Waals surface area contributed by atoms with E-state index in [9.17, 15) is 13.2 Å². The van der Waals surface area contributed by atoms with Gasteiger partial charge in [-0.05, 0) is 56.5 Å². The first-order chi connectivity index (χ1) is 14.7. The van der Waals surface area contributed by atoms with Crippen LogP contribution >= 0.6 is 0 Å². The third-order valence-corrected chi connectivity index (χ3v) is 7.99. The molecule has 4 rings (SSSR count). The van der Waals surface area contributed by atoms with Gasteiger partial charge in [-0.1, -0.05) is 23.8 Å². The Kier molecular flexibility index (Phi) is 5.53. The summed E-state index contributed by atoms with van der Waals surface area (Å²) in [7, 11) is -3.74. The van der Waals surface area contributed by atoms with Gasteiger partial charge < -0.3 is 14.6 Å². The van der Waals surface area contributed by atoms with Crippen LogP contribution in [0.2, 0.25) is 0 Å². The van der Waals surface area contributed by atoms with Crippen LogP contribution in [0.1, 0.15) is 19.4 Å². The number of piperazine rings is 1. The summed E-state index contributed by atoms with van der Waals surface area (Å²) in [5.41, 5.74) is 2.88. The van der Waals surface area contributed by atoms with Crippen LogP contribution in [0.25, 0.3) is 10.9 Å². The van der Waals surface area contributed by atoms with Gasteiger partial charge in [0.15, 0.2) is 0 Å². The SMILES string of the molecule is Cc1ccc(N2C[C@@H](C)N(S(=O)(=O)c3ccc4ccn(CC(=O)O)c4c3)[C@@H](C)C2)cc1. The summed E-state index contributed by atoms with van der Waals surface area (Å²) in [5.74, 6) is -0.972. The number of anilines is 1. The maximum Gasteiger partial charge on any atom is 0.323 e. The number of sulfonamides is 1. The molecule has 1 aliphatic heterocycles. The van der Waals surface area contributed by atoms with E-state index in [2.05, 4.69) is 29.2 Å². The molecule has 7 nitrogen and oxygen atoms in total. The number of carboxylic acids is 1. The van der Waals surface area contributed by atoms with Crippen molar-refractivity contribution in [2.75, 3.05) is 18.0 Å². The molecule has 1 aliphatic rings. The fraction of sp³-hybridized carbons (Fsp3) is 0.348. The van der Waals surface area contributed by atoms with Crippen LogP contribution < -0.4 is 4.90 Å². The molecule has 0 amide bonds. The van der Waals surface area contributed by atoms with Crippen LogP contribution in [-0.4, -0.2) is 53.5 Å². The number of fused-ring (bicyclic) bond motifs is 1. The molecular formula is C23H27N3O4S. The first-order valence-corrected chi connectivity index (χ1v) is 11.8. The number of carbonyl (C=O) groups is 1. The molecule has 3 aromatic rings. The van der Waals surface area contributed by atoms with E-state index in [1.54, 1.807) is 39.3 Å². The van der Waals surface area contributed by atoms with E-state index in [0.29, 0.717) is 18.6 Å². The van der Waals surface area contributed by atoms with Crippen molar-refractivity contribution in [2.45, 2.75) is 44.3 Å².